The highest BCUT2D eigenvalue weighted by Gasteiger charge is 2.37. The van der Waals surface area contributed by atoms with Gasteiger partial charge in [-0.2, -0.15) is 0 Å². The lowest BCUT2D eigenvalue weighted by Gasteiger charge is -2.25. The van der Waals surface area contributed by atoms with Crippen molar-refractivity contribution in [3.8, 4) is 5.75 Å². The summed E-state index contributed by atoms with van der Waals surface area (Å²) in [4.78, 5) is 50.8. The van der Waals surface area contributed by atoms with Crippen LogP contribution in [0, 0.1) is 6.92 Å². The van der Waals surface area contributed by atoms with Crippen LogP contribution >= 0.6 is 0 Å². The van der Waals surface area contributed by atoms with Gasteiger partial charge in [0.25, 0.3) is 0 Å². The van der Waals surface area contributed by atoms with E-state index < -0.39 is 23.6 Å². The number of morpholine rings is 1. The molecule has 1 saturated heterocycles. The van der Waals surface area contributed by atoms with E-state index in [9.17, 15) is 19.2 Å². The normalized spacial score (nSPS) is 19.2. The van der Waals surface area contributed by atoms with Crippen LogP contribution in [0.15, 0.2) is 29.2 Å². The first-order valence-electron chi connectivity index (χ1n) is 10.0. The minimum atomic E-state index is -0.622. The fraction of sp³-hybridized carbons (Fsp3) is 0.391. The summed E-state index contributed by atoms with van der Waals surface area (Å²) in [5.74, 6) is -2.30. The summed E-state index contributed by atoms with van der Waals surface area (Å²) in [7, 11) is 2.56. The molecule has 0 radical (unpaired) electrons. The lowest BCUT2D eigenvalue weighted by molar-refractivity contribution is -0.132. The Balaban J connectivity index is 2.15. The molecule has 170 valence electrons. The summed E-state index contributed by atoms with van der Waals surface area (Å²) in [6.45, 7) is 5.56. The number of Topliss-reactive ketones (excluding diaryl/α,β-unsaturated/α-hetero) is 3. The van der Waals surface area contributed by atoms with Gasteiger partial charge in [0.15, 0.2) is 5.78 Å². The molecule has 1 aromatic rings. The van der Waals surface area contributed by atoms with Crippen LogP contribution in [0.25, 0.3) is 5.57 Å². The van der Waals surface area contributed by atoms with E-state index in [1.807, 2.05) is 0 Å². The van der Waals surface area contributed by atoms with Crippen LogP contribution in [-0.2, 0) is 28.6 Å². The Morgan fingerprint density at radius 2 is 1.72 bits per heavy atom. The van der Waals surface area contributed by atoms with Gasteiger partial charge in [0.1, 0.15) is 5.75 Å². The highest BCUT2D eigenvalue weighted by atomic mass is 16.5. The lowest BCUT2D eigenvalue weighted by Crippen LogP contribution is -2.46. The molecule has 9 heteroatoms. The largest absolute Gasteiger partial charge is 0.489 e. The van der Waals surface area contributed by atoms with Gasteiger partial charge < -0.3 is 24.3 Å². The molecule has 1 aliphatic heterocycles. The molecular formula is C23H25NO8. The topological polar surface area (TPSA) is 117 Å². The van der Waals surface area contributed by atoms with E-state index in [4.69, 9.17) is 18.9 Å². The highest BCUT2D eigenvalue weighted by Crippen LogP contribution is 2.38. The van der Waals surface area contributed by atoms with Gasteiger partial charge in [-0.15, -0.1) is 0 Å². The Morgan fingerprint density at radius 1 is 1.06 bits per heavy atom. The number of carbonyl (C=O) groups is 4. The van der Waals surface area contributed by atoms with Crippen LogP contribution in [0.2, 0.25) is 0 Å². The maximum atomic E-state index is 13.2. The fourth-order valence-corrected chi connectivity index (χ4v) is 3.82. The van der Waals surface area contributed by atoms with Crippen molar-refractivity contribution in [3.05, 3.63) is 45.9 Å². The standard InChI is InChI=1S/C23H25NO8/c1-11-14(17-12(2)18(26)22(29-4)23(30-5)20(17)28)6-7-15(21(11)32-13(3)25)19(27)16-10-31-9-8-24-16/h6-7,16,24H,8-10H2,1-5H3. The molecule has 0 amide bonds. The van der Waals surface area contributed by atoms with E-state index >= 15 is 0 Å². The van der Waals surface area contributed by atoms with Crippen LogP contribution in [0.4, 0.5) is 0 Å². The van der Waals surface area contributed by atoms with E-state index in [1.54, 1.807) is 13.0 Å². The van der Waals surface area contributed by atoms with Crippen LogP contribution in [-0.4, -0.2) is 63.3 Å². The second-order valence-electron chi connectivity index (χ2n) is 7.38. The number of hydrogen-bond acceptors (Lipinski definition) is 9. The van der Waals surface area contributed by atoms with Gasteiger partial charge in [-0.3, -0.25) is 19.2 Å². The zero-order chi connectivity index (χ0) is 23.6. The summed E-state index contributed by atoms with van der Waals surface area (Å²) in [6.07, 6.45) is 0. The van der Waals surface area contributed by atoms with Crippen LogP contribution < -0.4 is 10.1 Å². The quantitative estimate of drug-likeness (QED) is 0.302. The second-order valence-corrected chi connectivity index (χ2v) is 7.38. The summed E-state index contributed by atoms with van der Waals surface area (Å²) in [6, 6.07) is 2.46. The second kappa shape index (κ2) is 9.46. The maximum Gasteiger partial charge on any atom is 0.308 e. The Bertz CT molecular complexity index is 1060. The minimum absolute atomic E-state index is 0.0356. The molecule has 32 heavy (non-hydrogen) atoms. The number of allylic oxidation sites excluding steroid dienone is 2. The summed E-state index contributed by atoms with van der Waals surface area (Å²) in [5.41, 5.74) is 1.15. The van der Waals surface area contributed by atoms with Gasteiger partial charge in [-0.25, -0.2) is 0 Å². The molecule has 0 bridgehead atoms. The molecular weight excluding hydrogens is 418 g/mol. The molecule has 1 atom stereocenters. The van der Waals surface area contributed by atoms with Crippen molar-refractivity contribution in [1.29, 1.82) is 0 Å². The molecule has 1 heterocycles. The number of rotatable bonds is 6. The van der Waals surface area contributed by atoms with Gasteiger partial charge in [0, 0.05) is 30.2 Å². The molecule has 1 aliphatic carbocycles. The van der Waals surface area contributed by atoms with E-state index in [0.717, 1.165) is 0 Å². The number of ether oxygens (including phenoxy) is 4. The maximum absolute atomic E-state index is 13.2. The van der Waals surface area contributed by atoms with Crippen molar-refractivity contribution in [3.63, 3.8) is 0 Å². The molecule has 1 unspecified atom stereocenters. The van der Waals surface area contributed by atoms with Gasteiger partial charge in [0.2, 0.25) is 23.1 Å². The molecule has 0 aromatic heterocycles. The third-order valence-electron chi connectivity index (χ3n) is 5.39. The van der Waals surface area contributed by atoms with Crippen molar-refractivity contribution in [2.75, 3.05) is 34.0 Å². The minimum Gasteiger partial charge on any atom is -0.489 e. The summed E-state index contributed by atoms with van der Waals surface area (Å²) >= 11 is 0. The van der Waals surface area contributed by atoms with Gasteiger partial charge in [-0.1, -0.05) is 6.07 Å². The Hall–Kier alpha value is -3.30. The van der Waals surface area contributed by atoms with Crippen LogP contribution in [0.1, 0.15) is 35.3 Å². The van der Waals surface area contributed by atoms with E-state index in [1.165, 1.54) is 34.1 Å². The van der Waals surface area contributed by atoms with Gasteiger partial charge in [-0.05, 0) is 25.5 Å². The van der Waals surface area contributed by atoms with Crippen molar-refractivity contribution < 1.29 is 38.1 Å². The predicted molar refractivity (Wildman–Crippen MR) is 113 cm³/mol. The third-order valence-corrected chi connectivity index (χ3v) is 5.39. The van der Waals surface area contributed by atoms with Gasteiger partial charge in [0.05, 0.1) is 39.0 Å². The molecule has 9 nitrogen and oxygen atoms in total. The monoisotopic (exact) mass is 443 g/mol. The molecule has 1 N–H and O–H groups in total. The highest BCUT2D eigenvalue weighted by molar-refractivity contribution is 6.38. The Labute approximate surface area is 185 Å². The number of hydrogen-bond donors (Lipinski definition) is 1. The van der Waals surface area contributed by atoms with Crippen molar-refractivity contribution in [2.45, 2.75) is 26.8 Å². The zero-order valence-electron chi connectivity index (χ0n) is 18.6. The zero-order valence-corrected chi connectivity index (χ0v) is 18.6. The summed E-state index contributed by atoms with van der Waals surface area (Å²) in [5, 5.41) is 3.08. The van der Waals surface area contributed by atoms with E-state index in [0.29, 0.717) is 24.3 Å². The number of nitrogens with one attached hydrogen (secondary N) is 1. The first-order valence-corrected chi connectivity index (χ1v) is 10.0. The smallest absolute Gasteiger partial charge is 0.308 e. The molecule has 2 aliphatic rings. The molecule has 0 saturated carbocycles. The van der Waals surface area contributed by atoms with Crippen LogP contribution in [0.5, 0.6) is 5.75 Å². The average Bonchev–Trinajstić information content (AvgIpc) is 2.78. The third kappa shape index (κ3) is 4.09. The number of methoxy groups -OCH3 is 2. The molecule has 1 fully saturated rings. The predicted octanol–water partition coefficient (Wildman–Crippen LogP) is 1.52. The summed E-state index contributed by atoms with van der Waals surface area (Å²) < 4.78 is 21.0. The number of benzene rings is 1. The SMILES string of the molecule is COC1=C(OC)C(=O)C(c2ccc(C(=O)C3COCCN3)c(OC(C)=O)c2C)=C(C)C1=O. The Kier molecular flexibility index (Phi) is 6.90. The first kappa shape index (κ1) is 23.4. The van der Waals surface area contributed by atoms with Gasteiger partial charge >= 0.3 is 5.97 Å². The average molecular weight is 443 g/mol. The molecule has 1 aromatic carbocycles. The van der Waals surface area contributed by atoms with E-state index in [2.05, 4.69) is 5.32 Å². The molecule has 3 rings (SSSR count). The number of ketones is 3. The van der Waals surface area contributed by atoms with Crippen molar-refractivity contribution >= 4 is 28.9 Å². The van der Waals surface area contributed by atoms with E-state index in [-0.39, 0.29) is 46.4 Å². The van der Waals surface area contributed by atoms with Crippen molar-refractivity contribution in [2.24, 2.45) is 0 Å². The fourth-order valence-electron chi connectivity index (χ4n) is 3.82. The number of carbonyl (C=O) groups excluding carboxylic acids is 4. The van der Waals surface area contributed by atoms with Crippen molar-refractivity contribution in [1.82, 2.24) is 5.32 Å². The first-order chi connectivity index (χ1) is 15.2. The lowest BCUT2D eigenvalue weighted by atomic mass is 9.85. The Morgan fingerprint density at radius 3 is 2.28 bits per heavy atom. The molecule has 0 spiro atoms. The van der Waals surface area contributed by atoms with Crippen LogP contribution in [0.3, 0.4) is 0 Å². The number of esters is 1.